The molecule has 114 valence electrons. The minimum Gasteiger partial charge on any atom is -0.350 e. The molecule has 20 heavy (non-hydrogen) atoms. The highest BCUT2D eigenvalue weighted by Crippen LogP contribution is 2.27. The van der Waals surface area contributed by atoms with Crippen LogP contribution in [0.3, 0.4) is 0 Å². The number of carbonyl (C=O) groups is 1. The molecule has 1 N–H and O–H groups in total. The molecule has 0 bridgehead atoms. The van der Waals surface area contributed by atoms with Gasteiger partial charge in [-0.25, -0.2) is 8.42 Å². The highest BCUT2D eigenvalue weighted by molar-refractivity contribution is 7.91. The molecule has 5 nitrogen and oxygen atoms in total. The van der Waals surface area contributed by atoms with E-state index in [-0.39, 0.29) is 22.2 Å². The van der Waals surface area contributed by atoms with Gasteiger partial charge in [-0.3, -0.25) is 4.79 Å². The van der Waals surface area contributed by atoms with Gasteiger partial charge in [-0.15, -0.1) is 11.3 Å². The molecule has 0 radical (unpaired) electrons. The van der Waals surface area contributed by atoms with Crippen molar-refractivity contribution in [2.24, 2.45) is 0 Å². The van der Waals surface area contributed by atoms with Crippen molar-refractivity contribution in [1.82, 2.24) is 9.62 Å². The van der Waals surface area contributed by atoms with Gasteiger partial charge in [0.25, 0.3) is 10.0 Å². The molecule has 0 atom stereocenters. The van der Waals surface area contributed by atoms with Crippen LogP contribution in [0.25, 0.3) is 0 Å². The molecule has 8 heteroatoms. The first kappa shape index (κ1) is 17.4. The maximum absolute atomic E-state index is 12.2. The molecule has 1 aromatic heterocycles. The van der Waals surface area contributed by atoms with E-state index in [0.717, 1.165) is 22.1 Å². The van der Waals surface area contributed by atoms with E-state index in [1.165, 1.54) is 19.2 Å². The molecule has 0 aliphatic carbocycles. The van der Waals surface area contributed by atoms with Crippen LogP contribution in [-0.4, -0.2) is 37.8 Å². The molecule has 0 saturated carbocycles. The highest BCUT2D eigenvalue weighted by atomic mass is 35.5. The number of carbonyl (C=O) groups excluding carboxylic acids is 1. The lowest BCUT2D eigenvalue weighted by Crippen LogP contribution is -2.47. The predicted molar refractivity (Wildman–Crippen MR) is 81.7 cm³/mol. The molecule has 1 heterocycles. The van der Waals surface area contributed by atoms with Crippen molar-refractivity contribution >= 4 is 38.9 Å². The number of amides is 1. The van der Waals surface area contributed by atoms with Gasteiger partial charge in [-0.1, -0.05) is 18.5 Å². The molecule has 0 aromatic carbocycles. The molecule has 1 rings (SSSR count). The monoisotopic (exact) mass is 338 g/mol. The van der Waals surface area contributed by atoms with E-state index in [9.17, 15) is 13.2 Å². The van der Waals surface area contributed by atoms with Crippen LogP contribution >= 0.6 is 22.9 Å². The minimum absolute atomic E-state index is 0.132. The second kappa shape index (κ2) is 6.43. The van der Waals surface area contributed by atoms with Gasteiger partial charge in [0, 0.05) is 12.6 Å². The summed E-state index contributed by atoms with van der Waals surface area (Å²) in [6, 6.07) is 2.96. The summed E-state index contributed by atoms with van der Waals surface area (Å²) in [7, 11) is -2.29. The number of rotatable bonds is 6. The first-order valence-corrected chi connectivity index (χ1v) is 8.74. The van der Waals surface area contributed by atoms with Crippen LogP contribution in [0, 0.1) is 0 Å². The zero-order valence-corrected chi connectivity index (χ0v) is 14.3. The fourth-order valence-corrected chi connectivity index (χ4v) is 4.20. The zero-order valence-electron chi connectivity index (χ0n) is 11.9. The SMILES string of the molecule is CCC(C)(C)NC(=O)CN(C)S(=O)(=O)c1ccc(Cl)s1. The Bertz CT molecular complexity index is 581. The molecule has 0 unspecified atom stereocenters. The summed E-state index contributed by atoms with van der Waals surface area (Å²) in [4.78, 5) is 11.9. The second-order valence-electron chi connectivity index (χ2n) is 5.11. The Morgan fingerprint density at radius 3 is 2.50 bits per heavy atom. The lowest BCUT2D eigenvalue weighted by molar-refractivity contribution is -0.122. The molecule has 1 amide bonds. The molecule has 0 spiro atoms. The van der Waals surface area contributed by atoms with Crippen LogP contribution in [-0.2, 0) is 14.8 Å². The third kappa shape index (κ3) is 4.44. The molecule has 0 aliphatic heterocycles. The Labute approximate surface area is 129 Å². The summed E-state index contributed by atoms with van der Waals surface area (Å²) in [6.45, 7) is 5.51. The lowest BCUT2D eigenvalue weighted by atomic mass is 10.0. The number of likely N-dealkylation sites (N-methyl/N-ethyl adjacent to an activating group) is 1. The van der Waals surface area contributed by atoms with E-state index in [2.05, 4.69) is 5.32 Å². The van der Waals surface area contributed by atoms with E-state index in [1.54, 1.807) is 0 Å². The number of halogens is 1. The van der Waals surface area contributed by atoms with Gasteiger partial charge in [0.1, 0.15) is 4.21 Å². The molecule has 0 saturated heterocycles. The Balaban J connectivity index is 2.76. The van der Waals surface area contributed by atoms with E-state index >= 15 is 0 Å². The van der Waals surface area contributed by atoms with E-state index in [0.29, 0.717) is 4.34 Å². The van der Waals surface area contributed by atoms with Crippen LogP contribution in [0.2, 0.25) is 4.34 Å². The number of thiophene rings is 1. The predicted octanol–water partition coefficient (Wildman–Crippen LogP) is 2.33. The Morgan fingerprint density at radius 1 is 1.45 bits per heavy atom. The van der Waals surface area contributed by atoms with Gasteiger partial charge >= 0.3 is 0 Å². The van der Waals surface area contributed by atoms with Crippen LogP contribution in [0.5, 0.6) is 0 Å². The van der Waals surface area contributed by atoms with Crippen LogP contribution in [0.15, 0.2) is 16.3 Å². The van der Waals surface area contributed by atoms with Crippen molar-refractivity contribution in [3.05, 3.63) is 16.5 Å². The third-order valence-corrected chi connectivity index (χ3v) is 6.44. The van der Waals surface area contributed by atoms with Gasteiger partial charge in [0.15, 0.2) is 0 Å². The standard InChI is InChI=1S/C12H19ClN2O3S2/c1-5-12(2,3)14-10(16)8-15(4)20(17,18)11-7-6-9(13)19-11/h6-7H,5,8H2,1-4H3,(H,14,16). The number of sulfonamides is 1. The fourth-order valence-electron chi connectivity index (χ4n) is 1.38. The Kier molecular flexibility index (Phi) is 5.60. The molecule has 0 fully saturated rings. The summed E-state index contributed by atoms with van der Waals surface area (Å²) < 4.78 is 26.0. The van der Waals surface area contributed by atoms with E-state index in [4.69, 9.17) is 11.6 Å². The number of hydrogen-bond donors (Lipinski definition) is 1. The number of hydrogen-bond acceptors (Lipinski definition) is 4. The maximum atomic E-state index is 12.2. The van der Waals surface area contributed by atoms with Crippen molar-refractivity contribution in [2.75, 3.05) is 13.6 Å². The van der Waals surface area contributed by atoms with Crippen molar-refractivity contribution in [3.8, 4) is 0 Å². The van der Waals surface area contributed by atoms with Gasteiger partial charge in [0.2, 0.25) is 5.91 Å². The van der Waals surface area contributed by atoms with Crippen LogP contribution < -0.4 is 5.32 Å². The smallest absolute Gasteiger partial charge is 0.252 e. The average Bonchev–Trinajstić information content (AvgIpc) is 2.75. The first-order valence-electron chi connectivity index (χ1n) is 6.11. The molecule has 1 aromatic rings. The van der Waals surface area contributed by atoms with Gasteiger partial charge < -0.3 is 5.32 Å². The first-order chi connectivity index (χ1) is 9.08. The topological polar surface area (TPSA) is 66.5 Å². The summed E-state index contributed by atoms with van der Waals surface area (Å²) in [5.74, 6) is -0.328. The van der Waals surface area contributed by atoms with Crippen molar-refractivity contribution in [2.45, 2.75) is 36.9 Å². The minimum atomic E-state index is -3.67. The van der Waals surface area contributed by atoms with Crippen LogP contribution in [0.1, 0.15) is 27.2 Å². The molecular formula is C12H19ClN2O3S2. The average molecular weight is 339 g/mol. The fraction of sp³-hybridized carbons (Fsp3) is 0.583. The third-order valence-electron chi connectivity index (χ3n) is 2.94. The van der Waals surface area contributed by atoms with Gasteiger partial charge in [-0.2, -0.15) is 4.31 Å². The summed E-state index contributed by atoms with van der Waals surface area (Å²) in [5.41, 5.74) is -0.353. The van der Waals surface area contributed by atoms with Crippen molar-refractivity contribution in [1.29, 1.82) is 0 Å². The molecule has 0 aliphatic rings. The zero-order chi connectivity index (χ0) is 15.6. The number of nitrogens with zero attached hydrogens (tertiary/aromatic N) is 1. The molecular weight excluding hydrogens is 320 g/mol. The summed E-state index contributed by atoms with van der Waals surface area (Å²) in [5, 5.41) is 2.80. The quantitative estimate of drug-likeness (QED) is 0.865. The van der Waals surface area contributed by atoms with E-state index < -0.39 is 10.0 Å². The Morgan fingerprint density at radius 2 is 2.05 bits per heavy atom. The maximum Gasteiger partial charge on any atom is 0.252 e. The summed E-state index contributed by atoms with van der Waals surface area (Å²) >= 11 is 6.71. The number of nitrogens with one attached hydrogen (secondary N) is 1. The van der Waals surface area contributed by atoms with Crippen LogP contribution in [0.4, 0.5) is 0 Å². The highest BCUT2D eigenvalue weighted by Gasteiger charge is 2.26. The summed E-state index contributed by atoms with van der Waals surface area (Å²) in [6.07, 6.45) is 0.760. The largest absolute Gasteiger partial charge is 0.350 e. The van der Waals surface area contributed by atoms with Crippen molar-refractivity contribution in [3.63, 3.8) is 0 Å². The van der Waals surface area contributed by atoms with Gasteiger partial charge in [-0.05, 0) is 32.4 Å². The van der Waals surface area contributed by atoms with Crippen molar-refractivity contribution < 1.29 is 13.2 Å². The van der Waals surface area contributed by atoms with E-state index in [1.807, 2.05) is 20.8 Å². The second-order valence-corrected chi connectivity index (χ2v) is 9.09. The lowest BCUT2D eigenvalue weighted by Gasteiger charge is -2.25. The van der Waals surface area contributed by atoms with Gasteiger partial charge in [0.05, 0.1) is 10.9 Å². The Hall–Kier alpha value is -0.630. The normalized spacial score (nSPS) is 12.7.